The smallest absolute Gasteiger partial charge is 0.264 e. The first-order chi connectivity index (χ1) is 27.5. The van der Waals surface area contributed by atoms with Crippen molar-refractivity contribution < 1.29 is 29.0 Å². The molecule has 7 rings (SSSR count). The summed E-state index contributed by atoms with van der Waals surface area (Å²) in [6.45, 7) is 7.29. The van der Waals surface area contributed by atoms with Gasteiger partial charge in [0.2, 0.25) is 5.91 Å². The highest BCUT2D eigenvalue weighted by atomic mass is 79.9. The third-order valence-corrected chi connectivity index (χ3v) is 16.5. The van der Waals surface area contributed by atoms with Gasteiger partial charge in [-0.3, -0.25) is 14.4 Å². The number of benzene rings is 5. The predicted molar refractivity (Wildman–Crippen MR) is 229 cm³/mol. The number of halogens is 1. The molecule has 11 heteroatoms. The molecule has 9 nitrogen and oxygen atoms in total. The van der Waals surface area contributed by atoms with E-state index in [0.29, 0.717) is 17.8 Å². The number of nitrogens with zero attached hydrogens (tertiary/aromatic N) is 2. The average molecular weight is 847 g/mol. The Labute approximate surface area is 343 Å². The molecule has 5 aromatic carbocycles. The second-order valence-electron chi connectivity index (χ2n) is 15.5. The summed E-state index contributed by atoms with van der Waals surface area (Å²) >= 11 is 3.69. The van der Waals surface area contributed by atoms with Crippen LogP contribution in [-0.2, 0) is 33.0 Å². The van der Waals surface area contributed by atoms with E-state index in [4.69, 9.17) is 9.47 Å². The zero-order valence-electron chi connectivity index (χ0n) is 32.7. The molecular weight excluding hydrogens is 799 g/mol. The first-order valence-corrected chi connectivity index (χ1v) is 23.2. The fraction of sp³-hybridized carbons (Fsp3) is 0.283. The van der Waals surface area contributed by atoms with Gasteiger partial charge in [0, 0.05) is 40.3 Å². The largest absolute Gasteiger partial charge is 0.497 e. The van der Waals surface area contributed by atoms with Gasteiger partial charge in [0.1, 0.15) is 5.75 Å². The topological polar surface area (TPSA) is 108 Å². The normalized spacial score (nSPS) is 20.1. The summed E-state index contributed by atoms with van der Waals surface area (Å²) in [5.41, 5.74) is 2.95. The first-order valence-electron chi connectivity index (χ1n) is 19.3. The number of rotatable bonds is 13. The molecule has 0 unspecified atom stereocenters. The van der Waals surface area contributed by atoms with Crippen LogP contribution in [0.3, 0.4) is 0 Å². The molecule has 0 radical (unpaired) electrons. The Balaban J connectivity index is 1.25. The molecule has 2 N–H and O–H groups in total. The SMILES string of the molecule is COc1ccc([Si](C)(C)[C@H]2[C@H](CC(=O)N(CCO)Cc3ccccc3)O[C@@]3(C(=O)N(Cc4cccc(NC(=O)c5ccccc5)c4)c4ccc(Br)cc43)[C@@H]2C)cc1. The molecule has 3 amide bonds. The number of nitrogens with one attached hydrogen (secondary N) is 1. The van der Waals surface area contributed by atoms with Gasteiger partial charge in [0.25, 0.3) is 11.8 Å². The Bertz CT molecular complexity index is 2240. The molecule has 57 heavy (non-hydrogen) atoms. The molecule has 0 bridgehead atoms. The van der Waals surface area contributed by atoms with Gasteiger partial charge in [-0.05, 0) is 71.3 Å². The molecule has 1 fully saturated rings. The van der Waals surface area contributed by atoms with E-state index in [9.17, 15) is 14.7 Å². The molecule has 2 aliphatic heterocycles. The number of carbonyl (C=O) groups is 3. The average Bonchev–Trinajstić information content (AvgIpc) is 3.64. The van der Waals surface area contributed by atoms with Crippen LogP contribution >= 0.6 is 15.9 Å². The van der Waals surface area contributed by atoms with Crippen LogP contribution in [0.25, 0.3) is 0 Å². The molecule has 0 saturated carbocycles. The molecule has 5 aromatic rings. The molecule has 2 aliphatic rings. The molecular formula is C46H48BrN3O6Si. The van der Waals surface area contributed by atoms with Gasteiger partial charge in [0.05, 0.1) is 46.5 Å². The number of ether oxygens (including phenoxy) is 2. The van der Waals surface area contributed by atoms with E-state index in [1.165, 1.54) is 5.19 Å². The number of methoxy groups -OCH3 is 1. The Morgan fingerprint density at radius 3 is 2.28 bits per heavy atom. The number of carbonyl (C=O) groups excluding carboxylic acids is 3. The third-order valence-electron chi connectivity index (χ3n) is 11.7. The summed E-state index contributed by atoms with van der Waals surface area (Å²) in [5.74, 6) is -0.104. The van der Waals surface area contributed by atoms with Crippen LogP contribution in [0.15, 0.2) is 132 Å². The van der Waals surface area contributed by atoms with Crippen molar-refractivity contribution >= 4 is 58.3 Å². The van der Waals surface area contributed by atoms with Crippen LogP contribution in [0.4, 0.5) is 11.4 Å². The summed E-state index contributed by atoms with van der Waals surface area (Å²) in [6.07, 6.45) is -0.545. The van der Waals surface area contributed by atoms with Gasteiger partial charge in [-0.25, -0.2) is 0 Å². The molecule has 4 atom stereocenters. The van der Waals surface area contributed by atoms with Gasteiger partial charge in [-0.2, -0.15) is 0 Å². The minimum absolute atomic E-state index is 0.0515. The summed E-state index contributed by atoms with van der Waals surface area (Å²) in [6, 6.07) is 40.3. The lowest BCUT2D eigenvalue weighted by Crippen LogP contribution is -2.52. The number of fused-ring (bicyclic) bond motifs is 2. The lowest BCUT2D eigenvalue weighted by Gasteiger charge is -2.37. The van der Waals surface area contributed by atoms with E-state index in [1.807, 2.05) is 103 Å². The van der Waals surface area contributed by atoms with Crippen LogP contribution in [0, 0.1) is 5.92 Å². The molecule has 1 spiro atoms. The van der Waals surface area contributed by atoms with Crippen LogP contribution in [0.1, 0.15) is 40.4 Å². The number of aliphatic hydroxyl groups is 1. The standard InChI is InChI=1S/C46H48BrN3O6Si/c1-31-43(57(3,4)38-21-19-37(55-2)20-22-38)41(28-42(52)49(24-25-51)29-32-12-7-5-8-13-32)56-46(31)39-27-35(47)18-23-40(39)50(45(46)54)30-33-14-11-17-36(26-33)48-44(53)34-15-9-6-10-16-34/h5-23,26-27,31,41,43,51H,24-25,28-30H2,1-4H3,(H,48,53)/t31-,41+,43-,46+/m1/s1. The fourth-order valence-corrected chi connectivity index (χ4v) is 13.3. The Hall–Kier alpha value is -5.07. The van der Waals surface area contributed by atoms with Crippen molar-refractivity contribution in [2.75, 3.05) is 30.5 Å². The second-order valence-corrected chi connectivity index (χ2v) is 21.1. The second kappa shape index (κ2) is 16.8. The zero-order valence-corrected chi connectivity index (χ0v) is 35.2. The van der Waals surface area contributed by atoms with Crippen molar-refractivity contribution in [3.05, 3.63) is 154 Å². The van der Waals surface area contributed by atoms with Crippen LogP contribution in [0.2, 0.25) is 18.6 Å². The molecule has 0 aromatic heterocycles. The van der Waals surface area contributed by atoms with Crippen LogP contribution in [0.5, 0.6) is 5.75 Å². The highest BCUT2D eigenvalue weighted by molar-refractivity contribution is 9.10. The van der Waals surface area contributed by atoms with E-state index in [2.05, 4.69) is 53.4 Å². The van der Waals surface area contributed by atoms with Gasteiger partial charge in [-0.15, -0.1) is 0 Å². The Morgan fingerprint density at radius 1 is 0.912 bits per heavy atom. The van der Waals surface area contributed by atoms with E-state index in [1.54, 1.807) is 29.0 Å². The maximum Gasteiger partial charge on any atom is 0.264 e. The van der Waals surface area contributed by atoms with Gasteiger partial charge < -0.3 is 29.7 Å². The molecule has 1 saturated heterocycles. The number of aliphatic hydroxyl groups excluding tert-OH is 1. The number of anilines is 2. The van der Waals surface area contributed by atoms with Gasteiger partial charge >= 0.3 is 0 Å². The summed E-state index contributed by atoms with van der Waals surface area (Å²) in [5, 5.41) is 14.2. The molecule has 0 aliphatic carbocycles. The van der Waals surface area contributed by atoms with E-state index < -0.39 is 19.8 Å². The van der Waals surface area contributed by atoms with Crippen molar-refractivity contribution in [1.82, 2.24) is 4.90 Å². The van der Waals surface area contributed by atoms with Crippen molar-refractivity contribution in [2.24, 2.45) is 5.92 Å². The third kappa shape index (κ3) is 7.94. The van der Waals surface area contributed by atoms with Crippen LogP contribution in [-0.4, -0.2) is 62.2 Å². The lowest BCUT2D eigenvalue weighted by atomic mass is 9.82. The monoisotopic (exact) mass is 845 g/mol. The lowest BCUT2D eigenvalue weighted by molar-refractivity contribution is -0.150. The predicted octanol–water partition coefficient (Wildman–Crippen LogP) is 7.88. The zero-order chi connectivity index (χ0) is 40.3. The van der Waals surface area contributed by atoms with E-state index in [-0.39, 0.29) is 55.3 Å². The van der Waals surface area contributed by atoms with Crippen molar-refractivity contribution in [3.8, 4) is 5.75 Å². The van der Waals surface area contributed by atoms with E-state index in [0.717, 1.165) is 32.6 Å². The Kier molecular flexibility index (Phi) is 11.8. The highest BCUT2D eigenvalue weighted by Gasteiger charge is 2.66. The highest BCUT2D eigenvalue weighted by Crippen LogP contribution is 2.60. The quantitative estimate of drug-likeness (QED) is 0.117. The maximum atomic E-state index is 15.3. The minimum atomic E-state index is -2.53. The molecule has 294 valence electrons. The van der Waals surface area contributed by atoms with Gasteiger partial charge in [0.15, 0.2) is 5.60 Å². The number of hydrogen-bond acceptors (Lipinski definition) is 6. The first kappa shape index (κ1) is 40.1. The maximum absolute atomic E-state index is 15.3. The van der Waals surface area contributed by atoms with Crippen molar-refractivity contribution in [1.29, 1.82) is 0 Å². The van der Waals surface area contributed by atoms with Crippen molar-refractivity contribution in [2.45, 2.75) is 56.8 Å². The number of amides is 3. The van der Waals surface area contributed by atoms with E-state index >= 15 is 4.79 Å². The summed E-state index contributed by atoms with van der Waals surface area (Å²) < 4.78 is 13.6. The molecule has 2 heterocycles. The van der Waals surface area contributed by atoms with Crippen LogP contribution < -0.4 is 20.1 Å². The fourth-order valence-electron chi connectivity index (χ4n) is 8.88. The summed E-state index contributed by atoms with van der Waals surface area (Å²) in [4.78, 5) is 46.2. The van der Waals surface area contributed by atoms with Crippen molar-refractivity contribution in [3.63, 3.8) is 0 Å². The Morgan fingerprint density at radius 2 is 1.60 bits per heavy atom. The van der Waals surface area contributed by atoms with Gasteiger partial charge in [-0.1, -0.05) is 114 Å². The summed E-state index contributed by atoms with van der Waals surface area (Å²) in [7, 11) is -0.885. The minimum Gasteiger partial charge on any atom is -0.497 e. The number of hydrogen-bond donors (Lipinski definition) is 2.